The summed E-state index contributed by atoms with van der Waals surface area (Å²) in [6.07, 6.45) is 1.37. The number of hydrogen-bond acceptors (Lipinski definition) is 3. The van der Waals surface area contributed by atoms with E-state index in [1.807, 2.05) is 37.3 Å². The third-order valence-electron chi connectivity index (χ3n) is 5.02. The van der Waals surface area contributed by atoms with E-state index in [4.69, 9.17) is 4.74 Å². The van der Waals surface area contributed by atoms with Gasteiger partial charge < -0.3 is 4.74 Å². The van der Waals surface area contributed by atoms with Gasteiger partial charge in [-0.1, -0.05) is 44.2 Å². The van der Waals surface area contributed by atoms with Gasteiger partial charge in [0.05, 0.1) is 12.5 Å². The molecule has 3 nitrogen and oxygen atoms in total. The number of methoxy groups -OCH3 is 1. The first kappa shape index (κ1) is 13.1. The van der Waals surface area contributed by atoms with Crippen molar-refractivity contribution in [3.63, 3.8) is 0 Å². The van der Waals surface area contributed by atoms with Crippen molar-refractivity contribution < 1.29 is 14.3 Å². The number of ether oxygens (including phenoxy) is 1. The Labute approximate surface area is 118 Å². The van der Waals surface area contributed by atoms with Crippen LogP contribution in [0.25, 0.3) is 0 Å². The fourth-order valence-electron chi connectivity index (χ4n) is 4.21. The molecule has 0 heterocycles. The van der Waals surface area contributed by atoms with Gasteiger partial charge in [-0.05, 0) is 11.5 Å². The van der Waals surface area contributed by atoms with Crippen molar-refractivity contribution in [2.75, 3.05) is 7.11 Å². The van der Waals surface area contributed by atoms with Crippen LogP contribution in [0, 0.1) is 17.3 Å². The summed E-state index contributed by atoms with van der Waals surface area (Å²) in [4.78, 5) is 24.9. The first-order valence-corrected chi connectivity index (χ1v) is 6.91. The van der Waals surface area contributed by atoms with Crippen LogP contribution >= 0.6 is 0 Å². The zero-order chi connectivity index (χ0) is 14.5. The van der Waals surface area contributed by atoms with Crippen LogP contribution in [0.2, 0.25) is 0 Å². The summed E-state index contributed by atoms with van der Waals surface area (Å²) in [7, 11) is 1.44. The van der Waals surface area contributed by atoms with Gasteiger partial charge in [-0.25, -0.2) is 0 Å². The van der Waals surface area contributed by atoms with Crippen LogP contribution in [0.5, 0.6) is 0 Å². The lowest BCUT2D eigenvalue weighted by Crippen LogP contribution is -2.61. The first-order valence-electron chi connectivity index (χ1n) is 6.91. The number of hydrogen-bond donors (Lipinski definition) is 0. The molecule has 1 saturated carbocycles. The molecule has 1 aromatic carbocycles. The smallest absolute Gasteiger partial charge is 0.204 e. The molecule has 2 aliphatic carbocycles. The van der Waals surface area contributed by atoms with Crippen LogP contribution in [0.4, 0.5) is 0 Å². The molecular weight excluding hydrogens is 252 g/mol. The number of Topliss-reactive ketones (excluding diaryl/α,β-unsaturated/α-hetero) is 1. The molecule has 2 aliphatic rings. The quantitative estimate of drug-likeness (QED) is 0.830. The van der Waals surface area contributed by atoms with E-state index in [9.17, 15) is 9.59 Å². The summed E-state index contributed by atoms with van der Waals surface area (Å²) in [6.45, 7) is 3.96. The summed E-state index contributed by atoms with van der Waals surface area (Å²) in [6, 6.07) is 9.97. The summed E-state index contributed by atoms with van der Waals surface area (Å²) >= 11 is 0. The van der Waals surface area contributed by atoms with Crippen molar-refractivity contribution in [2.24, 2.45) is 17.3 Å². The molecule has 0 bridgehead atoms. The van der Waals surface area contributed by atoms with E-state index < -0.39 is 5.41 Å². The second-order valence-corrected chi connectivity index (χ2v) is 5.95. The monoisotopic (exact) mass is 270 g/mol. The van der Waals surface area contributed by atoms with E-state index in [1.54, 1.807) is 0 Å². The topological polar surface area (TPSA) is 43.4 Å². The van der Waals surface area contributed by atoms with Crippen LogP contribution in [0.3, 0.4) is 0 Å². The summed E-state index contributed by atoms with van der Waals surface area (Å²) in [5.41, 5.74) is 0.454. The molecule has 3 rings (SSSR count). The molecule has 1 unspecified atom stereocenters. The average molecular weight is 270 g/mol. The largest absolute Gasteiger partial charge is 0.493 e. The molecule has 4 atom stereocenters. The van der Waals surface area contributed by atoms with Gasteiger partial charge in [0.25, 0.3) is 0 Å². The van der Waals surface area contributed by atoms with Gasteiger partial charge in [-0.15, -0.1) is 0 Å². The second kappa shape index (κ2) is 4.30. The van der Waals surface area contributed by atoms with Crippen molar-refractivity contribution in [1.82, 2.24) is 0 Å². The highest BCUT2D eigenvalue weighted by atomic mass is 16.5. The lowest BCUT2D eigenvalue weighted by molar-refractivity contribution is -0.159. The summed E-state index contributed by atoms with van der Waals surface area (Å²) in [5.74, 6) is 0.193. The highest BCUT2D eigenvalue weighted by Gasteiger charge is 2.66. The Morgan fingerprint density at radius 1 is 1.10 bits per heavy atom. The third-order valence-corrected chi connectivity index (χ3v) is 5.02. The predicted octanol–water partition coefficient (Wildman–Crippen LogP) is 2.72. The molecule has 1 aromatic rings. The number of carbonyl (C=O) groups is 2. The lowest BCUT2D eigenvalue weighted by atomic mass is 9.42. The summed E-state index contributed by atoms with van der Waals surface area (Å²) < 4.78 is 5.10. The van der Waals surface area contributed by atoms with Gasteiger partial charge in [0, 0.05) is 17.9 Å². The Morgan fingerprint density at radius 2 is 1.75 bits per heavy atom. The molecule has 1 fully saturated rings. The Kier molecular flexibility index (Phi) is 2.82. The number of benzene rings is 1. The van der Waals surface area contributed by atoms with Crippen molar-refractivity contribution in [2.45, 2.75) is 19.8 Å². The molecule has 0 spiro atoms. The maximum absolute atomic E-state index is 12.7. The van der Waals surface area contributed by atoms with Crippen molar-refractivity contribution in [3.8, 4) is 0 Å². The van der Waals surface area contributed by atoms with E-state index in [-0.39, 0.29) is 35.1 Å². The molecule has 0 saturated heterocycles. The Bertz CT molecular complexity index is 602. The summed E-state index contributed by atoms with van der Waals surface area (Å²) in [5, 5.41) is 0. The zero-order valence-corrected chi connectivity index (χ0v) is 11.9. The van der Waals surface area contributed by atoms with Crippen molar-refractivity contribution in [3.05, 3.63) is 47.7 Å². The van der Waals surface area contributed by atoms with E-state index in [1.165, 1.54) is 13.2 Å². The highest BCUT2D eigenvalue weighted by Crippen LogP contribution is 2.63. The van der Waals surface area contributed by atoms with Gasteiger partial charge >= 0.3 is 0 Å². The standard InChI is InChI=1S/C17H18O3/c1-10-14(11-7-5-4-6-8-11)17(2)15(10)12(18)9-13(20-3)16(17)19/h4-10,14-15H,1-3H3/t10-,14?,15-,17-/m1/s1. The van der Waals surface area contributed by atoms with Gasteiger partial charge in [0.1, 0.15) is 0 Å². The van der Waals surface area contributed by atoms with Gasteiger partial charge in [0.2, 0.25) is 5.78 Å². The third kappa shape index (κ3) is 1.46. The lowest BCUT2D eigenvalue weighted by Gasteiger charge is -2.58. The Hall–Kier alpha value is -1.90. The van der Waals surface area contributed by atoms with E-state index in [2.05, 4.69) is 6.92 Å². The second-order valence-electron chi connectivity index (χ2n) is 5.95. The maximum atomic E-state index is 12.7. The van der Waals surface area contributed by atoms with Crippen LogP contribution in [-0.4, -0.2) is 18.7 Å². The molecule has 0 radical (unpaired) electrons. The Balaban J connectivity index is 2.08. The van der Waals surface area contributed by atoms with Crippen LogP contribution < -0.4 is 0 Å². The zero-order valence-electron chi connectivity index (χ0n) is 11.9. The number of carbonyl (C=O) groups excluding carboxylic acids is 2. The van der Waals surface area contributed by atoms with E-state index in [0.717, 1.165) is 5.56 Å². The van der Waals surface area contributed by atoms with Gasteiger partial charge in [-0.3, -0.25) is 9.59 Å². The van der Waals surface area contributed by atoms with E-state index in [0.29, 0.717) is 0 Å². The van der Waals surface area contributed by atoms with Crippen molar-refractivity contribution >= 4 is 11.6 Å². The average Bonchev–Trinajstić information content (AvgIpc) is 2.43. The fraction of sp³-hybridized carbons (Fsp3) is 0.412. The molecule has 0 aromatic heterocycles. The fourth-order valence-corrected chi connectivity index (χ4v) is 4.21. The maximum Gasteiger partial charge on any atom is 0.204 e. The minimum atomic E-state index is -0.669. The normalized spacial score (nSPS) is 36.0. The minimum Gasteiger partial charge on any atom is -0.493 e. The molecule has 20 heavy (non-hydrogen) atoms. The van der Waals surface area contributed by atoms with Crippen LogP contribution in [-0.2, 0) is 14.3 Å². The first-order chi connectivity index (χ1) is 9.51. The number of ketones is 2. The molecule has 0 aliphatic heterocycles. The number of fused-ring (bicyclic) bond motifs is 1. The molecule has 0 amide bonds. The van der Waals surface area contributed by atoms with E-state index >= 15 is 0 Å². The molecule has 104 valence electrons. The van der Waals surface area contributed by atoms with Crippen LogP contribution in [0.1, 0.15) is 25.3 Å². The molecule has 3 heteroatoms. The number of allylic oxidation sites excluding steroid dienone is 2. The SMILES string of the molecule is COC1=CC(=O)[C@H]2[C@H](C)C(c3ccccc3)[C@@]2(C)C1=O. The molecule has 0 N–H and O–H groups in total. The predicted molar refractivity (Wildman–Crippen MR) is 75.1 cm³/mol. The van der Waals surface area contributed by atoms with Crippen molar-refractivity contribution in [1.29, 1.82) is 0 Å². The molecular formula is C17H18O3. The minimum absolute atomic E-state index is 0.0173. The van der Waals surface area contributed by atoms with Crippen LogP contribution in [0.15, 0.2) is 42.2 Å². The van der Waals surface area contributed by atoms with Gasteiger partial charge in [0.15, 0.2) is 11.5 Å². The van der Waals surface area contributed by atoms with Gasteiger partial charge in [-0.2, -0.15) is 0 Å². The number of rotatable bonds is 2. The Morgan fingerprint density at radius 3 is 2.35 bits per heavy atom. The highest BCUT2D eigenvalue weighted by molar-refractivity contribution is 6.13.